The van der Waals surface area contributed by atoms with Crippen molar-refractivity contribution in [3.05, 3.63) is 75.8 Å². The normalized spacial score (nSPS) is 11.7. The molecule has 2 aromatic rings. The third-order valence-corrected chi connectivity index (χ3v) is 4.63. The smallest absolute Gasteiger partial charge is 0.269 e. The molecule has 1 atom stereocenters. The summed E-state index contributed by atoms with van der Waals surface area (Å²) in [4.78, 5) is 22.1. The summed E-state index contributed by atoms with van der Waals surface area (Å²) in [5, 5.41) is 13.5. The molecule has 0 aromatic heterocycles. The lowest BCUT2D eigenvalue weighted by molar-refractivity contribution is -0.384. The Balaban J connectivity index is 1.68. The quantitative estimate of drug-likeness (QED) is 0.585. The van der Waals surface area contributed by atoms with Gasteiger partial charge in [-0.25, -0.2) is 0 Å². The van der Waals surface area contributed by atoms with Crippen LogP contribution in [0.25, 0.3) is 0 Å². The second kappa shape index (κ2) is 9.08. The number of rotatable bonds is 8. The van der Waals surface area contributed by atoms with E-state index in [0.29, 0.717) is 18.1 Å². The van der Waals surface area contributed by atoms with E-state index in [9.17, 15) is 14.9 Å². The monoisotopic (exact) mass is 344 g/mol. The van der Waals surface area contributed by atoms with Crippen LogP contribution in [-0.4, -0.2) is 23.1 Å². The van der Waals surface area contributed by atoms with E-state index < -0.39 is 4.92 Å². The number of hydrogen-bond acceptors (Lipinski definition) is 4. The zero-order valence-corrected chi connectivity index (χ0v) is 14.3. The molecule has 0 aliphatic heterocycles. The Bertz CT molecular complexity index is 674. The number of carbonyl (C=O) groups excluding carboxylic acids is 1. The summed E-state index contributed by atoms with van der Waals surface area (Å²) in [6, 6.07) is 16.5. The van der Waals surface area contributed by atoms with Crippen LogP contribution < -0.4 is 5.32 Å². The van der Waals surface area contributed by atoms with Gasteiger partial charge in [0.2, 0.25) is 5.91 Å². The van der Waals surface area contributed by atoms with Crippen LogP contribution >= 0.6 is 11.8 Å². The molecular formula is C18H20N2O3S. The average molecular weight is 344 g/mol. The summed E-state index contributed by atoms with van der Waals surface area (Å²) in [5.74, 6) is 1.30. The molecule has 0 saturated heterocycles. The van der Waals surface area contributed by atoms with E-state index in [1.807, 2.05) is 18.2 Å². The van der Waals surface area contributed by atoms with Gasteiger partial charge < -0.3 is 5.32 Å². The van der Waals surface area contributed by atoms with Crippen molar-refractivity contribution >= 4 is 23.4 Å². The summed E-state index contributed by atoms with van der Waals surface area (Å²) >= 11 is 1.49. The van der Waals surface area contributed by atoms with Crippen molar-refractivity contribution in [1.29, 1.82) is 0 Å². The summed E-state index contributed by atoms with van der Waals surface area (Å²) < 4.78 is 0. The van der Waals surface area contributed by atoms with E-state index in [-0.39, 0.29) is 17.5 Å². The van der Waals surface area contributed by atoms with Crippen molar-refractivity contribution in [2.24, 2.45) is 0 Å². The third-order valence-electron chi connectivity index (χ3n) is 3.62. The molecular weight excluding hydrogens is 324 g/mol. The Labute approximate surface area is 145 Å². The van der Waals surface area contributed by atoms with Crippen LogP contribution in [0.2, 0.25) is 0 Å². The predicted octanol–water partition coefficient (Wildman–Crippen LogP) is 3.75. The fourth-order valence-electron chi connectivity index (χ4n) is 2.19. The Hall–Kier alpha value is -2.34. The Kier molecular flexibility index (Phi) is 6.81. The van der Waals surface area contributed by atoms with Crippen LogP contribution in [-0.2, 0) is 10.5 Å². The van der Waals surface area contributed by atoms with Crippen molar-refractivity contribution in [3.8, 4) is 0 Å². The third kappa shape index (κ3) is 5.70. The summed E-state index contributed by atoms with van der Waals surface area (Å²) in [6.07, 6.45) is 0. The summed E-state index contributed by atoms with van der Waals surface area (Å²) in [7, 11) is 0. The standard InChI is InChI=1S/C18H20N2O3S/c1-14(16-5-3-2-4-6-16)11-19-18(21)13-24-12-15-7-9-17(10-8-15)20(22)23/h2-10,14H,11-13H2,1H3,(H,19,21)/t14-/m1/s1. The van der Waals surface area contributed by atoms with Gasteiger partial charge in [-0.15, -0.1) is 11.8 Å². The SMILES string of the molecule is C[C@H](CNC(=O)CSCc1ccc([N+](=O)[O-])cc1)c1ccccc1. The lowest BCUT2D eigenvalue weighted by Crippen LogP contribution is -2.29. The molecule has 1 N–H and O–H groups in total. The molecule has 2 aromatic carbocycles. The Morgan fingerprint density at radius 2 is 1.83 bits per heavy atom. The van der Waals surface area contributed by atoms with E-state index in [1.165, 1.54) is 29.5 Å². The number of benzene rings is 2. The maximum absolute atomic E-state index is 11.9. The maximum Gasteiger partial charge on any atom is 0.269 e. The number of non-ortho nitro benzene ring substituents is 1. The second-order valence-corrected chi connectivity index (χ2v) is 6.52. The molecule has 1 amide bonds. The van der Waals surface area contributed by atoms with Crippen molar-refractivity contribution < 1.29 is 9.72 Å². The van der Waals surface area contributed by atoms with E-state index in [2.05, 4.69) is 24.4 Å². The molecule has 0 aliphatic carbocycles. The second-order valence-electron chi connectivity index (χ2n) is 5.53. The number of nitrogens with zero attached hydrogens (tertiary/aromatic N) is 1. The van der Waals surface area contributed by atoms with E-state index >= 15 is 0 Å². The molecule has 5 nitrogen and oxygen atoms in total. The molecule has 0 fully saturated rings. The molecule has 6 heteroatoms. The molecule has 0 spiro atoms. The van der Waals surface area contributed by atoms with Crippen LogP contribution in [0, 0.1) is 10.1 Å². The largest absolute Gasteiger partial charge is 0.355 e. The molecule has 126 valence electrons. The first-order valence-electron chi connectivity index (χ1n) is 7.69. The first kappa shape index (κ1) is 18.0. The van der Waals surface area contributed by atoms with E-state index in [1.54, 1.807) is 12.1 Å². The Morgan fingerprint density at radius 1 is 1.17 bits per heavy atom. The highest BCUT2D eigenvalue weighted by Gasteiger charge is 2.08. The van der Waals surface area contributed by atoms with Gasteiger partial charge >= 0.3 is 0 Å². The fraction of sp³-hybridized carbons (Fsp3) is 0.278. The van der Waals surface area contributed by atoms with Gasteiger partial charge in [-0.1, -0.05) is 49.4 Å². The van der Waals surface area contributed by atoms with Gasteiger partial charge in [0.15, 0.2) is 0 Å². The van der Waals surface area contributed by atoms with E-state index in [0.717, 1.165) is 5.56 Å². The molecule has 0 saturated carbocycles. The highest BCUT2D eigenvalue weighted by atomic mass is 32.2. The van der Waals surface area contributed by atoms with Crippen molar-refractivity contribution in [1.82, 2.24) is 5.32 Å². The molecule has 0 heterocycles. The van der Waals surface area contributed by atoms with Crippen molar-refractivity contribution in [2.75, 3.05) is 12.3 Å². The molecule has 2 rings (SSSR count). The van der Waals surface area contributed by atoms with Crippen LogP contribution in [0.3, 0.4) is 0 Å². The van der Waals surface area contributed by atoms with E-state index in [4.69, 9.17) is 0 Å². The van der Waals surface area contributed by atoms with Crippen LogP contribution in [0.5, 0.6) is 0 Å². The molecule has 24 heavy (non-hydrogen) atoms. The predicted molar refractivity (Wildman–Crippen MR) is 97.1 cm³/mol. The minimum absolute atomic E-state index is 0.00435. The van der Waals surface area contributed by atoms with Gasteiger partial charge in [0.1, 0.15) is 0 Å². The number of nitro benzene ring substituents is 1. The number of nitrogens with one attached hydrogen (secondary N) is 1. The highest BCUT2D eigenvalue weighted by Crippen LogP contribution is 2.17. The molecule has 0 bridgehead atoms. The van der Waals surface area contributed by atoms with Gasteiger partial charge in [-0.3, -0.25) is 14.9 Å². The highest BCUT2D eigenvalue weighted by molar-refractivity contribution is 7.99. The number of carbonyl (C=O) groups is 1. The summed E-state index contributed by atoms with van der Waals surface area (Å²) in [6.45, 7) is 2.70. The van der Waals surface area contributed by atoms with Crippen LogP contribution in [0.1, 0.15) is 24.0 Å². The summed E-state index contributed by atoms with van der Waals surface area (Å²) in [5.41, 5.74) is 2.25. The first-order valence-corrected chi connectivity index (χ1v) is 8.84. The molecule has 0 unspecified atom stereocenters. The number of amides is 1. The zero-order valence-electron chi connectivity index (χ0n) is 13.5. The van der Waals surface area contributed by atoms with Gasteiger partial charge in [-0.2, -0.15) is 0 Å². The molecule has 0 aliphatic rings. The zero-order chi connectivity index (χ0) is 17.4. The lowest BCUT2D eigenvalue weighted by atomic mass is 10.0. The maximum atomic E-state index is 11.9. The number of thioether (sulfide) groups is 1. The van der Waals surface area contributed by atoms with Crippen molar-refractivity contribution in [2.45, 2.75) is 18.6 Å². The van der Waals surface area contributed by atoms with Crippen LogP contribution in [0.15, 0.2) is 54.6 Å². The van der Waals surface area contributed by atoms with Gasteiger partial charge in [-0.05, 0) is 17.0 Å². The van der Waals surface area contributed by atoms with Gasteiger partial charge in [0.25, 0.3) is 5.69 Å². The molecule has 0 radical (unpaired) electrons. The van der Waals surface area contributed by atoms with Crippen LogP contribution in [0.4, 0.5) is 5.69 Å². The fourth-order valence-corrected chi connectivity index (χ4v) is 3.01. The minimum atomic E-state index is -0.418. The van der Waals surface area contributed by atoms with Crippen molar-refractivity contribution in [3.63, 3.8) is 0 Å². The number of nitro groups is 1. The Morgan fingerprint density at radius 3 is 2.46 bits per heavy atom. The van der Waals surface area contributed by atoms with Gasteiger partial charge in [0.05, 0.1) is 10.7 Å². The minimum Gasteiger partial charge on any atom is -0.355 e. The average Bonchev–Trinajstić information content (AvgIpc) is 2.61. The lowest BCUT2D eigenvalue weighted by Gasteiger charge is -2.13. The number of hydrogen-bond donors (Lipinski definition) is 1. The van der Waals surface area contributed by atoms with Gasteiger partial charge in [0, 0.05) is 24.4 Å². The first-order chi connectivity index (χ1) is 11.6. The topological polar surface area (TPSA) is 72.2 Å².